The normalized spacial score (nSPS) is 9.45. The predicted octanol–water partition coefficient (Wildman–Crippen LogP) is 1.56. The highest BCUT2D eigenvalue weighted by Crippen LogP contribution is 2.02. The average Bonchev–Trinajstić information content (AvgIpc) is 2.52. The van der Waals surface area contributed by atoms with Crippen LogP contribution in [-0.2, 0) is 0 Å². The zero-order valence-electron chi connectivity index (χ0n) is 6.21. The molecule has 1 rings (SSSR count). The molecule has 0 atom stereocenters. The third-order valence-corrected chi connectivity index (χ3v) is 1.40. The first kappa shape index (κ1) is 7.72. The van der Waals surface area contributed by atoms with Crippen LogP contribution in [0.15, 0.2) is 25.0 Å². The Morgan fingerprint density at radius 1 is 1.82 bits per heavy atom. The third kappa shape index (κ3) is 2.04. The number of Topliss-reactive ketones (excluding diaryl/α,β-unsaturated/α-hetero) is 1. The zero-order valence-corrected chi connectivity index (χ0v) is 6.21. The van der Waals surface area contributed by atoms with Crippen molar-refractivity contribution < 1.29 is 4.79 Å². The zero-order chi connectivity index (χ0) is 8.10. The summed E-state index contributed by atoms with van der Waals surface area (Å²) < 4.78 is 0. The minimum atomic E-state index is 0.110. The van der Waals surface area contributed by atoms with E-state index in [9.17, 15) is 4.79 Å². The highest BCUT2D eigenvalue weighted by Gasteiger charge is 2.03. The molecule has 3 nitrogen and oxygen atoms in total. The molecule has 0 aliphatic rings. The van der Waals surface area contributed by atoms with Crippen LogP contribution < -0.4 is 0 Å². The number of allylic oxidation sites excluding steroid dienone is 1. The van der Waals surface area contributed by atoms with Gasteiger partial charge in [-0.2, -0.15) is 5.10 Å². The molecule has 0 saturated heterocycles. The van der Waals surface area contributed by atoms with Crippen LogP contribution in [0, 0.1) is 0 Å². The lowest BCUT2D eigenvalue weighted by Gasteiger charge is -1.90. The van der Waals surface area contributed by atoms with Gasteiger partial charge in [-0.15, -0.1) is 6.58 Å². The molecule has 0 amide bonds. The molecule has 1 N–H and O–H groups in total. The molecule has 0 radical (unpaired) electrons. The van der Waals surface area contributed by atoms with Crippen molar-refractivity contribution in [3.05, 3.63) is 30.6 Å². The van der Waals surface area contributed by atoms with E-state index in [2.05, 4.69) is 16.8 Å². The maximum atomic E-state index is 11.2. The van der Waals surface area contributed by atoms with Gasteiger partial charge in [0.05, 0.1) is 11.8 Å². The largest absolute Gasteiger partial charge is 0.294 e. The lowest BCUT2D eigenvalue weighted by molar-refractivity contribution is 0.0984. The molecular formula is C8H10N2O. The fraction of sp³-hybridized carbons (Fsp3) is 0.250. The number of aromatic nitrogens is 2. The molecule has 0 saturated carbocycles. The van der Waals surface area contributed by atoms with Gasteiger partial charge in [0.1, 0.15) is 0 Å². The van der Waals surface area contributed by atoms with Crippen molar-refractivity contribution in [1.82, 2.24) is 10.2 Å². The van der Waals surface area contributed by atoms with Crippen molar-refractivity contribution in [2.45, 2.75) is 12.8 Å². The fourth-order valence-corrected chi connectivity index (χ4v) is 0.781. The average molecular weight is 150 g/mol. The summed E-state index contributed by atoms with van der Waals surface area (Å²) >= 11 is 0. The van der Waals surface area contributed by atoms with Crippen LogP contribution in [-0.4, -0.2) is 16.0 Å². The monoisotopic (exact) mass is 150 g/mol. The predicted molar refractivity (Wildman–Crippen MR) is 42.3 cm³/mol. The molecular weight excluding hydrogens is 140 g/mol. The summed E-state index contributed by atoms with van der Waals surface area (Å²) in [6.45, 7) is 3.54. The second kappa shape index (κ2) is 3.71. The molecule has 0 spiro atoms. The maximum Gasteiger partial charge on any atom is 0.166 e. The molecule has 1 heterocycles. The van der Waals surface area contributed by atoms with Crippen LogP contribution in [0.1, 0.15) is 23.2 Å². The Kier molecular flexibility index (Phi) is 2.60. The fourth-order valence-electron chi connectivity index (χ4n) is 0.781. The highest BCUT2D eigenvalue weighted by atomic mass is 16.1. The molecule has 0 unspecified atom stereocenters. The second-order valence-corrected chi connectivity index (χ2v) is 2.24. The van der Waals surface area contributed by atoms with Crippen LogP contribution in [0.3, 0.4) is 0 Å². The first-order valence-electron chi connectivity index (χ1n) is 3.47. The van der Waals surface area contributed by atoms with Crippen molar-refractivity contribution in [3.8, 4) is 0 Å². The summed E-state index contributed by atoms with van der Waals surface area (Å²) in [5.41, 5.74) is 0.645. The number of nitrogens with one attached hydrogen (secondary N) is 1. The molecule has 0 aromatic carbocycles. The van der Waals surface area contributed by atoms with Crippen molar-refractivity contribution in [1.29, 1.82) is 0 Å². The maximum absolute atomic E-state index is 11.2. The smallest absolute Gasteiger partial charge is 0.166 e. The van der Waals surface area contributed by atoms with Gasteiger partial charge in [-0.3, -0.25) is 9.89 Å². The van der Waals surface area contributed by atoms with Crippen molar-refractivity contribution in [2.75, 3.05) is 0 Å². The van der Waals surface area contributed by atoms with E-state index in [1.54, 1.807) is 12.3 Å². The summed E-state index contributed by atoms with van der Waals surface area (Å²) in [5, 5.41) is 6.27. The number of hydrogen-bond acceptors (Lipinski definition) is 2. The Morgan fingerprint density at radius 3 is 3.18 bits per heavy atom. The van der Waals surface area contributed by atoms with Gasteiger partial charge in [0.2, 0.25) is 0 Å². The summed E-state index contributed by atoms with van der Waals surface area (Å²) in [7, 11) is 0. The van der Waals surface area contributed by atoms with Crippen LogP contribution in [0.25, 0.3) is 0 Å². The van der Waals surface area contributed by atoms with Crippen molar-refractivity contribution >= 4 is 5.78 Å². The molecule has 3 heteroatoms. The topological polar surface area (TPSA) is 45.8 Å². The molecule has 1 aromatic rings. The number of rotatable bonds is 4. The van der Waals surface area contributed by atoms with E-state index in [0.29, 0.717) is 12.0 Å². The number of hydrogen-bond donors (Lipinski definition) is 1. The van der Waals surface area contributed by atoms with E-state index in [-0.39, 0.29) is 5.78 Å². The van der Waals surface area contributed by atoms with E-state index in [1.807, 2.05) is 0 Å². The Morgan fingerprint density at radius 2 is 2.64 bits per heavy atom. The molecule has 58 valence electrons. The summed E-state index contributed by atoms with van der Waals surface area (Å²) in [6, 6.07) is 0. The first-order chi connectivity index (χ1) is 5.34. The number of aromatic amines is 1. The van der Waals surface area contributed by atoms with Gasteiger partial charge in [0.25, 0.3) is 0 Å². The Bertz CT molecular complexity index is 239. The molecule has 11 heavy (non-hydrogen) atoms. The van der Waals surface area contributed by atoms with Gasteiger partial charge in [-0.05, 0) is 6.42 Å². The number of nitrogens with zero attached hydrogens (tertiary/aromatic N) is 1. The molecule has 0 aliphatic carbocycles. The van der Waals surface area contributed by atoms with Crippen LogP contribution in [0.4, 0.5) is 0 Å². The van der Waals surface area contributed by atoms with Gasteiger partial charge in [0, 0.05) is 12.6 Å². The first-order valence-corrected chi connectivity index (χ1v) is 3.47. The minimum absolute atomic E-state index is 0.110. The van der Waals surface area contributed by atoms with E-state index < -0.39 is 0 Å². The summed E-state index contributed by atoms with van der Waals surface area (Å²) in [6.07, 6.45) is 6.11. The molecule has 0 aliphatic heterocycles. The van der Waals surface area contributed by atoms with E-state index in [1.165, 1.54) is 6.20 Å². The Labute approximate surface area is 65.1 Å². The van der Waals surface area contributed by atoms with E-state index >= 15 is 0 Å². The van der Waals surface area contributed by atoms with Gasteiger partial charge >= 0.3 is 0 Å². The SMILES string of the molecule is C=CCCC(=O)c1cn[nH]c1. The Hall–Kier alpha value is -1.38. The standard InChI is InChI=1S/C8H10N2O/c1-2-3-4-8(11)7-5-9-10-6-7/h2,5-6H,1,3-4H2,(H,9,10). The number of H-pyrrole nitrogens is 1. The van der Waals surface area contributed by atoms with Crippen molar-refractivity contribution in [3.63, 3.8) is 0 Å². The second-order valence-electron chi connectivity index (χ2n) is 2.24. The third-order valence-electron chi connectivity index (χ3n) is 1.40. The van der Waals surface area contributed by atoms with Crippen LogP contribution in [0.2, 0.25) is 0 Å². The van der Waals surface area contributed by atoms with Crippen LogP contribution >= 0.6 is 0 Å². The lowest BCUT2D eigenvalue weighted by atomic mass is 10.1. The molecule has 0 bridgehead atoms. The lowest BCUT2D eigenvalue weighted by Crippen LogP contribution is -1.95. The van der Waals surface area contributed by atoms with Crippen LogP contribution in [0.5, 0.6) is 0 Å². The number of carbonyl (C=O) groups is 1. The summed E-state index contributed by atoms with van der Waals surface area (Å²) in [4.78, 5) is 11.2. The van der Waals surface area contributed by atoms with Gasteiger partial charge in [-0.1, -0.05) is 6.08 Å². The highest BCUT2D eigenvalue weighted by molar-refractivity contribution is 5.95. The summed E-state index contributed by atoms with van der Waals surface area (Å²) in [5.74, 6) is 0.110. The quantitative estimate of drug-likeness (QED) is 0.523. The Balaban J connectivity index is 2.49. The molecule has 0 fully saturated rings. The number of ketones is 1. The van der Waals surface area contributed by atoms with Gasteiger partial charge in [0.15, 0.2) is 5.78 Å². The van der Waals surface area contributed by atoms with Crippen molar-refractivity contribution in [2.24, 2.45) is 0 Å². The van der Waals surface area contributed by atoms with Gasteiger partial charge in [-0.25, -0.2) is 0 Å². The van der Waals surface area contributed by atoms with Gasteiger partial charge < -0.3 is 0 Å². The minimum Gasteiger partial charge on any atom is -0.294 e. The molecule has 1 aromatic heterocycles. The van der Waals surface area contributed by atoms with E-state index in [0.717, 1.165) is 6.42 Å². The number of carbonyl (C=O) groups excluding carboxylic acids is 1. The van der Waals surface area contributed by atoms with E-state index in [4.69, 9.17) is 0 Å².